The molecule has 0 aliphatic carbocycles. The van der Waals surface area contributed by atoms with Crippen molar-refractivity contribution in [3.05, 3.63) is 34.1 Å². The summed E-state index contributed by atoms with van der Waals surface area (Å²) in [5.74, 6) is 1.50. The topological polar surface area (TPSA) is 59.2 Å². The number of hydrogen-bond acceptors (Lipinski definition) is 5. The van der Waals surface area contributed by atoms with Crippen molar-refractivity contribution >= 4 is 17.2 Å². The van der Waals surface area contributed by atoms with Crippen LogP contribution in [0.15, 0.2) is 21.3 Å². The third-order valence-electron chi connectivity index (χ3n) is 3.85. The maximum Gasteiger partial charge on any atom is 0.226 e. The zero-order valence-corrected chi connectivity index (χ0v) is 12.9. The van der Waals surface area contributed by atoms with Gasteiger partial charge in [-0.05, 0) is 48.6 Å². The Morgan fingerprint density at radius 3 is 3.19 bits per heavy atom. The first-order chi connectivity index (χ1) is 10.2. The summed E-state index contributed by atoms with van der Waals surface area (Å²) in [7, 11) is 0. The molecule has 0 N–H and O–H groups in total. The number of hydrogen-bond donors (Lipinski definition) is 0. The van der Waals surface area contributed by atoms with Crippen molar-refractivity contribution < 1.29 is 9.32 Å². The van der Waals surface area contributed by atoms with Crippen LogP contribution in [-0.2, 0) is 11.2 Å². The molecule has 0 unspecified atom stereocenters. The first kappa shape index (κ1) is 14.3. The van der Waals surface area contributed by atoms with Gasteiger partial charge in [-0.25, -0.2) is 0 Å². The van der Waals surface area contributed by atoms with Crippen LogP contribution >= 0.6 is 11.3 Å². The largest absolute Gasteiger partial charge is 0.339 e. The van der Waals surface area contributed by atoms with Gasteiger partial charge in [0, 0.05) is 19.4 Å². The highest BCUT2D eigenvalue weighted by atomic mass is 32.1. The van der Waals surface area contributed by atoms with Crippen LogP contribution in [-0.4, -0.2) is 27.5 Å². The molecule has 2 aromatic rings. The summed E-state index contributed by atoms with van der Waals surface area (Å²) < 4.78 is 5.07. The molecule has 1 amide bonds. The van der Waals surface area contributed by atoms with E-state index in [-0.39, 0.29) is 11.9 Å². The number of aromatic nitrogens is 2. The van der Waals surface area contributed by atoms with Gasteiger partial charge in [0.1, 0.15) is 0 Å². The highest BCUT2D eigenvalue weighted by Crippen LogP contribution is 2.33. The standard InChI is InChI=1S/C15H19N3O2S/c1-11-16-14(20-17-11)5-2-6-15(19)18-8-3-4-13(18)12-7-9-21-10-12/h7,9-10,13H,2-6,8H2,1H3/t13-/m0/s1. The summed E-state index contributed by atoms with van der Waals surface area (Å²) in [5.41, 5.74) is 1.28. The maximum absolute atomic E-state index is 12.4. The molecule has 0 saturated carbocycles. The average molecular weight is 305 g/mol. The van der Waals surface area contributed by atoms with Crippen LogP contribution in [0.5, 0.6) is 0 Å². The van der Waals surface area contributed by atoms with Gasteiger partial charge in [0.2, 0.25) is 11.8 Å². The summed E-state index contributed by atoms with van der Waals surface area (Å²) in [5, 5.41) is 7.99. The van der Waals surface area contributed by atoms with E-state index in [9.17, 15) is 4.79 Å². The summed E-state index contributed by atoms with van der Waals surface area (Å²) >= 11 is 1.69. The second-order valence-corrected chi connectivity index (χ2v) is 6.17. The number of likely N-dealkylation sites (tertiary alicyclic amines) is 1. The summed E-state index contributed by atoms with van der Waals surface area (Å²) in [6, 6.07) is 2.40. The predicted octanol–water partition coefficient (Wildman–Crippen LogP) is 3.13. The Kier molecular flexibility index (Phi) is 4.34. The zero-order chi connectivity index (χ0) is 14.7. The number of nitrogens with zero attached hydrogens (tertiary/aromatic N) is 3. The van der Waals surface area contributed by atoms with Gasteiger partial charge in [-0.2, -0.15) is 16.3 Å². The van der Waals surface area contributed by atoms with Crippen LogP contribution < -0.4 is 0 Å². The van der Waals surface area contributed by atoms with E-state index in [0.29, 0.717) is 24.6 Å². The van der Waals surface area contributed by atoms with Crippen LogP contribution in [0.1, 0.15) is 49.0 Å². The molecule has 112 valence electrons. The van der Waals surface area contributed by atoms with E-state index in [2.05, 4.69) is 27.0 Å². The number of carbonyl (C=O) groups excluding carboxylic acids is 1. The van der Waals surface area contributed by atoms with Crippen LogP contribution in [0.2, 0.25) is 0 Å². The lowest BCUT2D eigenvalue weighted by Gasteiger charge is -2.24. The van der Waals surface area contributed by atoms with E-state index in [1.807, 2.05) is 4.90 Å². The number of amides is 1. The molecular formula is C15H19N3O2S. The Balaban J connectivity index is 1.52. The molecule has 1 fully saturated rings. The number of rotatable bonds is 5. The zero-order valence-electron chi connectivity index (χ0n) is 12.1. The monoisotopic (exact) mass is 305 g/mol. The fraction of sp³-hybridized carbons (Fsp3) is 0.533. The first-order valence-electron chi connectivity index (χ1n) is 7.35. The van der Waals surface area contributed by atoms with E-state index in [1.54, 1.807) is 18.3 Å². The molecule has 5 nitrogen and oxygen atoms in total. The van der Waals surface area contributed by atoms with Crippen molar-refractivity contribution in [1.29, 1.82) is 0 Å². The number of carbonyl (C=O) groups is 1. The smallest absolute Gasteiger partial charge is 0.226 e. The molecule has 21 heavy (non-hydrogen) atoms. The molecule has 1 aliphatic heterocycles. The van der Waals surface area contributed by atoms with Gasteiger partial charge in [0.25, 0.3) is 0 Å². The minimum absolute atomic E-state index is 0.236. The summed E-state index contributed by atoms with van der Waals surface area (Å²) in [6.07, 6.45) is 4.14. The fourth-order valence-corrected chi connectivity index (χ4v) is 3.56. The quantitative estimate of drug-likeness (QED) is 0.851. The van der Waals surface area contributed by atoms with Gasteiger partial charge in [-0.1, -0.05) is 5.16 Å². The second kappa shape index (κ2) is 6.39. The minimum atomic E-state index is 0.236. The van der Waals surface area contributed by atoms with Crippen LogP contribution in [0.3, 0.4) is 0 Å². The van der Waals surface area contributed by atoms with Crippen molar-refractivity contribution in [2.45, 2.75) is 45.1 Å². The second-order valence-electron chi connectivity index (χ2n) is 5.39. The van der Waals surface area contributed by atoms with E-state index < -0.39 is 0 Å². The van der Waals surface area contributed by atoms with Gasteiger partial charge in [-0.3, -0.25) is 4.79 Å². The third kappa shape index (κ3) is 3.32. The van der Waals surface area contributed by atoms with Crippen molar-refractivity contribution in [2.24, 2.45) is 0 Å². The number of thiophene rings is 1. The van der Waals surface area contributed by atoms with Gasteiger partial charge < -0.3 is 9.42 Å². The van der Waals surface area contributed by atoms with E-state index >= 15 is 0 Å². The van der Waals surface area contributed by atoms with Gasteiger partial charge in [0.05, 0.1) is 6.04 Å². The molecule has 2 aromatic heterocycles. The average Bonchev–Trinajstić information content (AvgIpc) is 3.19. The van der Waals surface area contributed by atoms with Gasteiger partial charge >= 0.3 is 0 Å². The minimum Gasteiger partial charge on any atom is -0.339 e. The molecule has 3 rings (SSSR count). The first-order valence-corrected chi connectivity index (χ1v) is 8.29. The van der Waals surface area contributed by atoms with E-state index in [0.717, 1.165) is 25.8 Å². The van der Waals surface area contributed by atoms with Crippen molar-refractivity contribution in [3.8, 4) is 0 Å². The number of aryl methyl sites for hydroxylation is 2. The van der Waals surface area contributed by atoms with Crippen molar-refractivity contribution in [1.82, 2.24) is 15.0 Å². The van der Waals surface area contributed by atoms with Gasteiger partial charge in [0.15, 0.2) is 5.82 Å². The normalized spacial score (nSPS) is 18.3. The Bertz CT molecular complexity index is 594. The third-order valence-corrected chi connectivity index (χ3v) is 4.55. The molecule has 1 aliphatic rings. The predicted molar refractivity (Wildman–Crippen MR) is 80.0 cm³/mol. The molecule has 1 atom stereocenters. The maximum atomic E-state index is 12.4. The van der Waals surface area contributed by atoms with Crippen molar-refractivity contribution in [3.63, 3.8) is 0 Å². The van der Waals surface area contributed by atoms with Gasteiger partial charge in [-0.15, -0.1) is 0 Å². The molecular weight excluding hydrogens is 286 g/mol. The van der Waals surface area contributed by atoms with Crippen LogP contribution in [0.4, 0.5) is 0 Å². The molecule has 6 heteroatoms. The van der Waals surface area contributed by atoms with Crippen LogP contribution in [0, 0.1) is 6.92 Å². The summed E-state index contributed by atoms with van der Waals surface area (Å²) in [4.78, 5) is 18.6. The Morgan fingerprint density at radius 1 is 1.57 bits per heavy atom. The lowest BCUT2D eigenvalue weighted by molar-refractivity contribution is -0.132. The fourth-order valence-electron chi connectivity index (χ4n) is 2.85. The Labute approximate surface area is 128 Å². The van der Waals surface area contributed by atoms with Crippen LogP contribution in [0.25, 0.3) is 0 Å². The Morgan fingerprint density at radius 2 is 2.48 bits per heavy atom. The molecule has 3 heterocycles. The lowest BCUT2D eigenvalue weighted by Crippen LogP contribution is -2.30. The Hall–Kier alpha value is -1.69. The SMILES string of the molecule is Cc1noc(CCCC(=O)N2CCC[C@H]2c2ccsc2)n1. The highest BCUT2D eigenvalue weighted by Gasteiger charge is 2.29. The highest BCUT2D eigenvalue weighted by molar-refractivity contribution is 7.07. The molecule has 0 bridgehead atoms. The molecule has 1 saturated heterocycles. The van der Waals surface area contributed by atoms with E-state index in [4.69, 9.17) is 4.52 Å². The van der Waals surface area contributed by atoms with Crippen molar-refractivity contribution in [2.75, 3.05) is 6.54 Å². The summed E-state index contributed by atoms with van der Waals surface area (Å²) in [6.45, 7) is 2.67. The lowest BCUT2D eigenvalue weighted by atomic mass is 10.1. The molecule has 0 spiro atoms. The molecule has 0 aromatic carbocycles. The van der Waals surface area contributed by atoms with E-state index in [1.165, 1.54) is 5.56 Å². The molecule has 0 radical (unpaired) electrons.